The topological polar surface area (TPSA) is 80.9 Å². The van der Waals surface area contributed by atoms with Crippen molar-refractivity contribution in [1.82, 2.24) is 20.4 Å². The predicted octanol–water partition coefficient (Wildman–Crippen LogP) is 3.99. The van der Waals surface area contributed by atoms with Gasteiger partial charge in [-0.05, 0) is 36.2 Å². The molecule has 0 saturated heterocycles. The summed E-state index contributed by atoms with van der Waals surface area (Å²) in [4.78, 5) is 20.5. The fourth-order valence-corrected chi connectivity index (χ4v) is 2.70. The molecular formula is C19H19ClN4O2. The summed E-state index contributed by atoms with van der Waals surface area (Å²) in [5.41, 5.74) is 1.86. The van der Waals surface area contributed by atoms with Gasteiger partial charge in [-0.2, -0.15) is 4.98 Å². The van der Waals surface area contributed by atoms with Gasteiger partial charge in [-0.15, -0.1) is 0 Å². The Kier molecular flexibility index (Phi) is 5.96. The van der Waals surface area contributed by atoms with Crippen LogP contribution in [0.2, 0.25) is 5.02 Å². The number of carbonyl (C=O) groups is 1. The molecule has 1 unspecified atom stereocenters. The van der Waals surface area contributed by atoms with Crippen molar-refractivity contribution in [1.29, 1.82) is 0 Å². The molecule has 0 saturated carbocycles. The highest BCUT2D eigenvalue weighted by atomic mass is 35.5. The first-order valence-corrected chi connectivity index (χ1v) is 8.81. The van der Waals surface area contributed by atoms with Gasteiger partial charge in [0.1, 0.15) is 0 Å². The second-order valence-electron chi connectivity index (χ2n) is 5.83. The molecule has 0 spiro atoms. The highest BCUT2D eigenvalue weighted by Gasteiger charge is 2.15. The first kappa shape index (κ1) is 18.1. The van der Waals surface area contributed by atoms with Crippen LogP contribution < -0.4 is 5.32 Å². The summed E-state index contributed by atoms with van der Waals surface area (Å²) in [5.74, 6) is 0.873. The minimum absolute atomic E-state index is 0.0465. The summed E-state index contributed by atoms with van der Waals surface area (Å²) in [6.45, 7) is 2.03. The molecular weight excluding hydrogens is 352 g/mol. The van der Waals surface area contributed by atoms with Crippen LogP contribution in [0, 0.1) is 0 Å². The van der Waals surface area contributed by atoms with Crippen LogP contribution >= 0.6 is 11.6 Å². The lowest BCUT2D eigenvalue weighted by Gasteiger charge is -2.17. The highest BCUT2D eigenvalue weighted by molar-refractivity contribution is 6.30. The molecule has 1 atom stereocenters. The van der Waals surface area contributed by atoms with E-state index in [4.69, 9.17) is 16.1 Å². The van der Waals surface area contributed by atoms with Crippen molar-refractivity contribution in [2.75, 3.05) is 0 Å². The molecule has 7 heteroatoms. The normalized spacial score (nSPS) is 11.9. The van der Waals surface area contributed by atoms with Gasteiger partial charge in [-0.3, -0.25) is 9.78 Å². The maximum Gasteiger partial charge on any atom is 0.227 e. The molecule has 3 rings (SSSR count). The van der Waals surface area contributed by atoms with Gasteiger partial charge in [-0.25, -0.2) is 0 Å². The fourth-order valence-electron chi connectivity index (χ4n) is 2.58. The smallest absolute Gasteiger partial charge is 0.227 e. The maximum atomic E-state index is 12.3. The summed E-state index contributed by atoms with van der Waals surface area (Å²) in [5, 5.41) is 7.65. The summed E-state index contributed by atoms with van der Waals surface area (Å²) in [7, 11) is 0. The number of halogens is 1. The van der Waals surface area contributed by atoms with Crippen LogP contribution in [0.5, 0.6) is 0 Å². The van der Waals surface area contributed by atoms with Crippen LogP contribution in [-0.2, 0) is 11.2 Å². The molecule has 3 aromatic rings. The molecule has 0 aliphatic heterocycles. The van der Waals surface area contributed by atoms with E-state index in [2.05, 4.69) is 20.4 Å². The second-order valence-corrected chi connectivity index (χ2v) is 6.26. The van der Waals surface area contributed by atoms with Gasteiger partial charge < -0.3 is 9.84 Å². The van der Waals surface area contributed by atoms with Gasteiger partial charge in [0.05, 0.1) is 6.04 Å². The molecule has 0 aliphatic rings. The minimum Gasteiger partial charge on any atom is -0.349 e. The SMILES string of the molecule is CCC(NC(=O)CCc1nc(-c2ccncc2)no1)c1ccc(Cl)cc1. The molecule has 0 radical (unpaired) electrons. The third-order valence-electron chi connectivity index (χ3n) is 3.99. The van der Waals surface area contributed by atoms with Crippen LogP contribution in [-0.4, -0.2) is 21.0 Å². The Bertz CT molecular complexity index is 849. The third kappa shape index (κ3) is 4.67. The number of pyridine rings is 1. The van der Waals surface area contributed by atoms with Gasteiger partial charge >= 0.3 is 0 Å². The summed E-state index contributed by atoms with van der Waals surface area (Å²) >= 11 is 5.91. The van der Waals surface area contributed by atoms with Gasteiger partial charge in [0.15, 0.2) is 0 Å². The number of nitrogens with zero attached hydrogens (tertiary/aromatic N) is 3. The molecule has 2 heterocycles. The Hall–Kier alpha value is -2.73. The van der Waals surface area contributed by atoms with E-state index in [-0.39, 0.29) is 18.4 Å². The van der Waals surface area contributed by atoms with Crippen molar-refractivity contribution in [2.45, 2.75) is 32.2 Å². The molecule has 0 bridgehead atoms. The van der Waals surface area contributed by atoms with E-state index in [1.165, 1.54) is 0 Å². The van der Waals surface area contributed by atoms with Crippen molar-refractivity contribution < 1.29 is 9.32 Å². The van der Waals surface area contributed by atoms with Gasteiger partial charge in [0, 0.05) is 35.8 Å². The first-order valence-electron chi connectivity index (χ1n) is 8.43. The quantitative estimate of drug-likeness (QED) is 0.680. The van der Waals surface area contributed by atoms with Gasteiger partial charge in [-0.1, -0.05) is 35.8 Å². The summed E-state index contributed by atoms with van der Waals surface area (Å²) in [6, 6.07) is 11.1. The zero-order chi connectivity index (χ0) is 18.4. The van der Waals surface area contributed by atoms with Crippen molar-refractivity contribution in [3.05, 3.63) is 65.3 Å². The fraction of sp³-hybridized carbons (Fsp3) is 0.263. The third-order valence-corrected chi connectivity index (χ3v) is 4.24. The molecule has 1 amide bonds. The predicted molar refractivity (Wildman–Crippen MR) is 98.5 cm³/mol. The number of hydrogen-bond acceptors (Lipinski definition) is 5. The number of nitrogens with one attached hydrogen (secondary N) is 1. The average molecular weight is 371 g/mol. The number of carbonyl (C=O) groups excluding carboxylic acids is 1. The van der Waals surface area contributed by atoms with Crippen molar-refractivity contribution in [2.24, 2.45) is 0 Å². The van der Waals surface area contributed by atoms with Crippen molar-refractivity contribution >= 4 is 17.5 Å². The zero-order valence-electron chi connectivity index (χ0n) is 14.4. The molecule has 0 fully saturated rings. The number of rotatable bonds is 7. The van der Waals surface area contributed by atoms with Gasteiger partial charge in [0.25, 0.3) is 0 Å². The van der Waals surface area contributed by atoms with E-state index >= 15 is 0 Å². The maximum absolute atomic E-state index is 12.3. The summed E-state index contributed by atoms with van der Waals surface area (Å²) in [6.07, 6.45) is 4.80. The highest BCUT2D eigenvalue weighted by Crippen LogP contribution is 2.19. The average Bonchev–Trinajstić information content (AvgIpc) is 3.15. The van der Waals surface area contributed by atoms with E-state index in [1.54, 1.807) is 24.5 Å². The van der Waals surface area contributed by atoms with E-state index in [1.807, 2.05) is 31.2 Å². The molecule has 134 valence electrons. The van der Waals surface area contributed by atoms with Crippen LogP contribution in [0.4, 0.5) is 0 Å². The summed E-state index contributed by atoms with van der Waals surface area (Å²) < 4.78 is 5.22. The number of hydrogen-bond donors (Lipinski definition) is 1. The Morgan fingerprint density at radius 1 is 1.19 bits per heavy atom. The van der Waals surface area contributed by atoms with Crippen LogP contribution in [0.25, 0.3) is 11.4 Å². The minimum atomic E-state index is -0.0598. The number of amides is 1. The lowest BCUT2D eigenvalue weighted by molar-refractivity contribution is -0.121. The van der Waals surface area contributed by atoms with Crippen LogP contribution in [0.15, 0.2) is 53.3 Å². The number of benzene rings is 1. The Labute approximate surface area is 156 Å². The largest absolute Gasteiger partial charge is 0.349 e. The van der Waals surface area contributed by atoms with E-state index in [9.17, 15) is 4.79 Å². The molecule has 0 aliphatic carbocycles. The lowest BCUT2D eigenvalue weighted by atomic mass is 10.0. The molecule has 2 aromatic heterocycles. The van der Waals surface area contributed by atoms with Crippen LogP contribution in [0.1, 0.15) is 37.3 Å². The number of aryl methyl sites for hydroxylation is 1. The Morgan fingerprint density at radius 2 is 1.92 bits per heavy atom. The first-order chi connectivity index (χ1) is 12.7. The van der Waals surface area contributed by atoms with Gasteiger partial charge in [0.2, 0.25) is 17.6 Å². The monoisotopic (exact) mass is 370 g/mol. The molecule has 1 N–H and O–H groups in total. The van der Waals surface area contributed by atoms with Crippen molar-refractivity contribution in [3.63, 3.8) is 0 Å². The standard InChI is InChI=1S/C19H19ClN4O2/c1-2-16(13-3-5-15(20)6-4-13)22-17(25)7-8-18-23-19(24-26-18)14-9-11-21-12-10-14/h3-6,9-12,16H,2,7-8H2,1H3,(H,22,25). The Morgan fingerprint density at radius 3 is 2.62 bits per heavy atom. The Balaban J connectivity index is 1.55. The molecule has 6 nitrogen and oxygen atoms in total. The molecule has 1 aromatic carbocycles. The number of aromatic nitrogens is 3. The second kappa shape index (κ2) is 8.58. The van der Waals surface area contributed by atoms with Crippen molar-refractivity contribution in [3.8, 4) is 11.4 Å². The van der Waals surface area contributed by atoms with E-state index < -0.39 is 0 Å². The van der Waals surface area contributed by atoms with E-state index in [0.717, 1.165) is 17.5 Å². The lowest BCUT2D eigenvalue weighted by Crippen LogP contribution is -2.28. The van der Waals surface area contributed by atoms with E-state index in [0.29, 0.717) is 23.2 Å². The van der Waals surface area contributed by atoms with Crippen LogP contribution in [0.3, 0.4) is 0 Å². The molecule has 26 heavy (non-hydrogen) atoms. The zero-order valence-corrected chi connectivity index (χ0v) is 15.1.